The van der Waals surface area contributed by atoms with Crippen LogP contribution < -0.4 is 15.5 Å². The lowest BCUT2D eigenvalue weighted by atomic mass is 10.1. The van der Waals surface area contributed by atoms with E-state index < -0.39 is 23.4 Å². The Balaban J connectivity index is 1.39. The van der Waals surface area contributed by atoms with Gasteiger partial charge >= 0.3 is 0 Å². The summed E-state index contributed by atoms with van der Waals surface area (Å²) in [5.41, 5.74) is 0.554. The van der Waals surface area contributed by atoms with Gasteiger partial charge < -0.3 is 20.3 Å². The second kappa shape index (κ2) is 14.2. The molecular formula is C31H39ClF2N8O3. The number of likely N-dealkylation sites (N-methyl/N-ethyl adjacent to an activating group) is 1. The molecule has 0 bridgehead atoms. The van der Waals surface area contributed by atoms with Crippen molar-refractivity contribution in [2.45, 2.75) is 39.3 Å². The molecule has 0 radical (unpaired) electrons. The van der Waals surface area contributed by atoms with Gasteiger partial charge in [0.1, 0.15) is 17.2 Å². The molecule has 2 aliphatic heterocycles. The Bertz CT molecular complexity index is 1540. The highest BCUT2D eigenvalue weighted by molar-refractivity contribution is 6.35. The number of carbonyl (C=O) groups is 2. The lowest BCUT2D eigenvalue weighted by Crippen LogP contribution is -2.55. The molecule has 2 saturated heterocycles. The molecule has 2 aliphatic rings. The van der Waals surface area contributed by atoms with E-state index in [0.717, 1.165) is 32.1 Å². The standard InChI is InChI=1S/C31H39ClF2N8O3/c1-19-16-41(17-20(2)39(19)4)26-9-8-25(28(34)29(26)36-30(43)22-6-7-23(33)21(3)27(22)32)42-18-24(37-38-42)31(44)35-10-5-11-40-12-14-45-15-13-40/h6-9,18-20H,5,10-17H2,1-4H3,(H,35,44)(H,36,43)/t19-,20+. The summed E-state index contributed by atoms with van der Waals surface area (Å²) in [5, 5.41) is 13.4. The summed E-state index contributed by atoms with van der Waals surface area (Å²) in [5.74, 6) is -2.42. The number of carbonyl (C=O) groups excluding carboxylic acids is 2. The second-order valence-corrected chi connectivity index (χ2v) is 12.0. The van der Waals surface area contributed by atoms with Gasteiger partial charge in [0.05, 0.1) is 35.7 Å². The van der Waals surface area contributed by atoms with Gasteiger partial charge in [-0.1, -0.05) is 16.8 Å². The molecule has 2 fully saturated rings. The third kappa shape index (κ3) is 7.27. The molecule has 2 atom stereocenters. The zero-order chi connectivity index (χ0) is 32.2. The number of halogens is 3. The number of nitrogens with zero attached hydrogens (tertiary/aromatic N) is 6. The molecule has 11 nitrogen and oxygen atoms in total. The van der Waals surface area contributed by atoms with Gasteiger partial charge in [-0.25, -0.2) is 13.5 Å². The average Bonchev–Trinajstić information content (AvgIpc) is 3.52. The average molecular weight is 645 g/mol. The van der Waals surface area contributed by atoms with Crippen LogP contribution in [0.1, 0.15) is 46.7 Å². The van der Waals surface area contributed by atoms with Gasteiger partial charge in [-0.05, 0) is 65.0 Å². The van der Waals surface area contributed by atoms with Crippen molar-refractivity contribution in [1.82, 2.24) is 30.1 Å². The number of hydrogen-bond acceptors (Lipinski definition) is 8. The topological polar surface area (TPSA) is 108 Å². The van der Waals surface area contributed by atoms with Crippen LogP contribution in [0.15, 0.2) is 30.5 Å². The van der Waals surface area contributed by atoms with Crippen LogP contribution in [-0.2, 0) is 4.74 Å². The molecule has 5 rings (SSSR count). The summed E-state index contributed by atoms with van der Waals surface area (Å²) in [6, 6.07) is 6.01. The normalized spacial score (nSPS) is 19.5. The summed E-state index contributed by atoms with van der Waals surface area (Å²) in [6.45, 7) is 11.3. The minimum absolute atomic E-state index is 0.00970. The molecule has 1 aromatic heterocycles. The first kappa shape index (κ1) is 32.7. The fraction of sp³-hybridized carbons (Fsp3) is 0.484. The van der Waals surface area contributed by atoms with E-state index in [-0.39, 0.29) is 45.3 Å². The molecule has 2 N–H and O–H groups in total. The number of hydrogen-bond donors (Lipinski definition) is 2. The predicted octanol–water partition coefficient (Wildman–Crippen LogP) is 3.74. The number of ether oxygens (including phenoxy) is 1. The Labute approximate surface area is 266 Å². The minimum Gasteiger partial charge on any atom is -0.379 e. The van der Waals surface area contributed by atoms with E-state index in [1.165, 1.54) is 23.9 Å². The maximum atomic E-state index is 16.5. The Morgan fingerprint density at radius 3 is 2.44 bits per heavy atom. The lowest BCUT2D eigenvalue weighted by Gasteiger charge is -2.44. The molecule has 0 unspecified atom stereocenters. The SMILES string of the molecule is Cc1c(F)ccc(C(=O)Nc2c(N3C[C@@H](C)N(C)[C@@H](C)C3)ccc(-n3cc(C(=O)NCCCN4CCOCC4)nn3)c2F)c1Cl. The predicted molar refractivity (Wildman–Crippen MR) is 169 cm³/mol. The van der Waals surface area contributed by atoms with E-state index in [4.69, 9.17) is 16.3 Å². The maximum Gasteiger partial charge on any atom is 0.273 e. The van der Waals surface area contributed by atoms with Crippen LogP contribution in [0.2, 0.25) is 5.02 Å². The number of anilines is 2. The quantitative estimate of drug-likeness (QED) is 0.340. The fourth-order valence-electron chi connectivity index (χ4n) is 5.64. The number of benzene rings is 2. The van der Waals surface area contributed by atoms with Crippen LogP contribution in [0, 0.1) is 18.6 Å². The van der Waals surface area contributed by atoms with Gasteiger partial charge in [-0.3, -0.25) is 19.4 Å². The van der Waals surface area contributed by atoms with Gasteiger partial charge in [0, 0.05) is 50.4 Å². The third-order valence-corrected chi connectivity index (χ3v) is 9.10. The third-order valence-electron chi connectivity index (χ3n) is 8.62. The van der Waals surface area contributed by atoms with Crippen molar-refractivity contribution in [3.05, 3.63) is 63.9 Å². The van der Waals surface area contributed by atoms with E-state index in [2.05, 4.69) is 44.6 Å². The van der Waals surface area contributed by atoms with E-state index in [1.54, 1.807) is 12.1 Å². The molecule has 242 valence electrons. The van der Waals surface area contributed by atoms with E-state index >= 15 is 4.39 Å². The first-order chi connectivity index (χ1) is 21.5. The molecule has 0 spiro atoms. The van der Waals surface area contributed by atoms with Crippen molar-refractivity contribution in [2.75, 3.05) is 69.7 Å². The molecule has 14 heteroatoms. The Morgan fingerprint density at radius 1 is 1.04 bits per heavy atom. The fourth-order valence-corrected chi connectivity index (χ4v) is 5.88. The number of nitrogens with one attached hydrogen (secondary N) is 2. The van der Waals surface area contributed by atoms with Gasteiger partial charge in [0.15, 0.2) is 11.5 Å². The smallest absolute Gasteiger partial charge is 0.273 e. The molecule has 3 aromatic rings. The summed E-state index contributed by atoms with van der Waals surface area (Å²) in [6.07, 6.45) is 2.11. The summed E-state index contributed by atoms with van der Waals surface area (Å²) in [4.78, 5) is 32.7. The lowest BCUT2D eigenvalue weighted by molar-refractivity contribution is 0.0374. The maximum absolute atomic E-state index is 16.5. The van der Waals surface area contributed by atoms with Crippen molar-refractivity contribution in [1.29, 1.82) is 0 Å². The van der Waals surface area contributed by atoms with Crippen LogP contribution in [0.5, 0.6) is 0 Å². The summed E-state index contributed by atoms with van der Waals surface area (Å²) < 4.78 is 37.0. The first-order valence-electron chi connectivity index (χ1n) is 15.1. The van der Waals surface area contributed by atoms with Gasteiger partial charge in [-0.15, -0.1) is 5.10 Å². The minimum atomic E-state index is -0.766. The van der Waals surface area contributed by atoms with E-state index in [1.807, 2.05) is 11.9 Å². The molecular weight excluding hydrogens is 606 g/mol. The first-order valence-corrected chi connectivity index (χ1v) is 15.5. The highest BCUT2D eigenvalue weighted by Gasteiger charge is 2.30. The van der Waals surface area contributed by atoms with Crippen molar-refractivity contribution in [3.8, 4) is 5.69 Å². The highest BCUT2D eigenvalue weighted by Crippen LogP contribution is 2.35. The molecule has 45 heavy (non-hydrogen) atoms. The van der Waals surface area contributed by atoms with Gasteiger partial charge in [0.2, 0.25) is 0 Å². The van der Waals surface area contributed by atoms with Crippen LogP contribution in [0.25, 0.3) is 5.69 Å². The van der Waals surface area contributed by atoms with E-state index in [9.17, 15) is 14.0 Å². The van der Waals surface area contributed by atoms with E-state index in [0.29, 0.717) is 38.5 Å². The van der Waals surface area contributed by atoms with Gasteiger partial charge in [0.25, 0.3) is 11.8 Å². The van der Waals surface area contributed by atoms with Crippen LogP contribution in [-0.4, -0.2) is 108 Å². The van der Waals surface area contributed by atoms with Gasteiger partial charge in [-0.2, -0.15) is 0 Å². The highest BCUT2D eigenvalue weighted by atomic mass is 35.5. The van der Waals surface area contributed by atoms with Crippen molar-refractivity contribution in [3.63, 3.8) is 0 Å². The Hall–Kier alpha value is -3.65. The van der Waals surface area contributed by atoms with Crippen molar-refractivity contribution < 1.29 is 23.1 Å². The van der Waals surface area contributed by atoms with Crippen molar-refractivity contribution in [2.24, 2.45) is 0 Å². The zero-order valence-corrected chi connectivity index (χ0v) is 26.7. The number of amides is 2. The molecule has 3 heterocycles. The summed E-state index contributed by atoms with van der Waals surface area (Å²) in [7, 11) is 2.04. The summed E-state index contributed by atoms with van der Waals surface area (Å²) >= 11 is 6.31. The molecule has 0 aliphatic carbocycles. The number of piperazine rings is 1. The number of morpholine rings is 1. The van der Waals surface area contributed by atoms with Crippen LogP contribution in [0.4, 0.5) is 20.2 Å². The van der Waals surface area contributed by atoms with Crippen LogP contribution >= 0.6 is 11.6 Å². The monoisotopic (exact) mass is 644 g/mol. The molecule has 2 aromatic carbocycles. The Kier molecular flexibility index (Phi) is 10.3. The number of aromatic nitrogens is 3. The number of rotatable bonds is 9. The zero-order valence-electron chi connectivity index (χ0n) is 25.9. The molecule has 2 amide bonds. The Morgan fingerprint density at radius 2 is 1.73 bits per heavy atom. The van der Waals surface area contributed by atoms with Crippen LogP contribution in [0.3, 0.4) is 0 Å². The molecule has 0 saturated carbocycles. The van der Waals surface area contributed by atoms with Crippen molar-refractivity contribution >= 4 is 34.8 Å². The largest absolute Gasteiger partial charge is 0.379 e. The second-order valence-electron chi connectivity index (χ2n) is 11.7.